The molecule has 40 heavy (non-hydrogen) atoms. The Morgan fingerprint density at radius 1 is 0.925 bits per heavy atom. The first kappa shape index (κ1) is 27.6. The van der Waals surface area contributed by atoms with Crippen LogP contribution in [0.25, 0.3) is 23.1 Å². The second-order valence-corrected chi connectivity index (χ2v) is 10.4. The zero-order valence-electron chi connectivity index (χ0n) is 23.3. The van der Waals surface area contributed by atoms with Crippen LogP contribution in [0.15, 0.2) is 85.2 Å². The van der Waals surface area contributed by atoms with Gasteiger partial charge in [-0.3, -0.25) is 15.0 Å². The lowest BCUT2D eigenvalue weighted by Gasteiger charge is -2.20. The third-order valence-electron chi connectivity index (χ3n) is 7.20. The number of H-pyrrole nitrogens is 1. The van der Waals surface area contributed by atoms with Crippen LogP contribution in [-0.2, 0) is 19.5 Å². The number of ether oxygens (including phenoxy) is 1. The first-order chi connectivity index (χ1) is 19.5. The molecular formula is C34H35ClN4O. The Morgan fingerprint density at radius 3 is 2.40 bits per heavy atom. The van der Waals surface area contributed by atoms with Crippen LogP contribution in [0.2, 0.25) is 5.02 Å². The molecule has 0 bridgehead atoms. The Balaban J connectivity index is 1.27. The van der Waals surface area contributed by atoms with Gasteiger partial charge in [-0.1, -0.05) is 86.1 Å². The largest absolute Gasteiger partial charge is 0.486 e. The highest BCUT2D eigenvalue weighted by Gasteiger charge is 2.16. The van der Waals surface area contributed by atoms with E-state index in [1.807, 2.05) is 37.4 Å². The third kappa shape index (κ3) is 6.61. The maximum absolute atomic E-state index is 6.48. The van der Waals surface area contributed by atoms with E-state index >= 15 is 0 Å². The van der Waals surface area contributed by atoms with E-state index in [0.29, 0.717) is 5.02 Å². The maximum Gasteiger partial charge on any atom is 0.123 e. The number of fused-ring (bicyclic) bond motifs is 1. The molecule has 0 saturated carbocycles. The Morgan fingerprint density at radius 2 is 1.68 bits per heavy atom. The minimum atomic E-state index is -0.205. The van der Waals surface area contributed by atoms with Crippen LogP contribution < -0.4 is 4.74 Å². The van der Waals surface area contributed by atoms with Gasteiger partial charge in [-0.05, 0) is 66.4 Å². The molecule has 0 fully saturated rings. The number of halogens is 1. The number of pyridine rings is 1. The summed E-state index contributed by atoms with van der Waals surface area (Å²) in [6, 6.07) is 25.4. The first-order valence-electron chi connectivity index (χ1n) is 13.8. The minimum Gasteiger partial charge on any atom is -0.486 e. The van der Waals surface area contributed by atoms with Crippen LogP contribution >= 0.6 is 11.6 Å². The molecule has 3 aromatic carbocycles. The van der Waals surface area contributed by atoms with E-state index in [0.717, 1.165) is 65.1 Å². The maximum atomic E-state index is 6.48. The second kappa shape index (κ2) is 12.9. The highest BCUT2D eigenvalue weighted by Crippen LogP contribution is 2.32. The molecule has 0 aliphatic heterocycles. The summed E-state index contributed by atoms with van der Waals surface area (Å²) in [6.45, 7) is 9.20. The molecule has 5 rings (SSSR count). The Kier molecular flexibility index (Phi) is 8.94. The normalized spacial score (nSPS) is 12.4. The van der Waals surface area contributed by atoms with Crippen LogP contribution in [0.4, 0.5) is 0 Å². The van der Waals surface area contributed by atoms with E-state index < -0.39 is 0 Å². The van der Waals surface area contributed by atoms with Crippen LogP contribution in [0.5, 0.6) is 5.75 Å². The summed E-state index contributed by atoms with van der Waals surface area (Å²) in [4.78, 5) is 6.67. The number of aromatic amines is 1. The molecule has 0 radical (unpaired) electrons. The van der Waals surface area contributed by atoms with E-state index in [1.54, 1.807) is 6.20 Å². The lowest BCUT2D eigenvalue weighted by Crippen LogP contribution is -2.22. The molecule has 0 spiro atoms. The molecule has 0 saturated heterocycles. The van der Waals surface area contributed by atoms with Crippen LogP contribution in [0.3, 0.4) is 0 Å². The first-order valence-corrected chi connectivity index (χ1v) is 14.2. The monoisotopic (exact) mass is 550 g/mol. The van der Waals surface area contributed by atoms with E-state index in [1.165, 1.54) is 11.1 Å². The zero-order chi connectivity index (χ0) is 27.9. The zero-order valence-corrected chi connectivity index (χ0v) is 24.0. The van der Waals surface area contributed by atoms with Gasteiger partial charge in [-0.15, -0.1) is 0 Å². The predicted molar refractivity (Wildman–Crippen MR) is 165 cm³/mol. The predicted octanol–water partition coefficient (Wildman–Crippen LogP) is 8.51. The third-order valence-corrected chi connectivity index (χ3v) is 7.50. The number of hydrogen-bond acceptors (Lipinski definition) is 4. The fraction of sp³-hybridized carbons (Fsp3) is 0.235. The van der Waals surface area contributed by atoms with Crippen LogP contribution in [0.1, 0.15) is 60.4 Å². The molecule has 0 aliphatic rings. The van der Waals surface area contributed by atoms with Gasteiger partial charge < -0.3 is 4.74 Å². The van der Waals surface area contributed by atoms with Crippen molar-refractivity contribution in [2.45, 2.75) is 46.4 Å². The van der Waals surface area contributed by atoms with Gasteiger partial charge in [0.2, 0.25) is 0 Å². The number of nitrogens with one attached hydrogen (secondary N) is 1. The summed E-state index contributed by atoms with van der Waals surface area (Å²) in [5.41, 5.74) is 7.68. The van der Waals surface area contributed by atoms with Gasteiger partial charge in [-0.25, -0.2) is 0 Å². The van der Waals surface area contributed by atoms with Crippen molar-refractivity contribution in [3.63, 3.8) is 0 Å². The highest BCUT2D eigenvalue weighted by atomic mass is 35.5. The molecule has 2 heterocycles. The van der Waals surface area contributed by atoms with Gasteiger partial charge in [0.1, 0.15) is 11.9 Å². The quantitative estimate of drug-likeness (QED) is 0.179. The van der Waals surface area contributed by atoms with Crippen LogP contribution in [-0.4, -0.2) is 26.6 Å². The summed E-state index contributed by atoms with van der Waals surface area (Å²) in [6.07, 6.45) is 8.32. The van der Waals surface area contributed by atoms with E-state index in [4.69, 9.17) is 16.3 Å². The SMILES string of the molecule is CCc1cncc(Cl)c1C(C)Oc1ccc2[nH]nc(/C=C/c3ccc(CN(CC)Cc4ccccc4)cc3)c2c1. The molecular weight excluding hydrogens is 516 g/mol. The lowest BCUT2D eigenvalue weighted by atomic mass is 10.0. The number of hydrogen-bond donors (Lipinski definition) is 1. The van der Waals surface area contributed by atoms with Gasteiger partial charge in [0.05, 0.1) is 16.2 Å². The Labute approximate surface area is 241 Å². The van der Waals surface area contributed by atoms with Gasteiger partial charge in [0.15, 0.2) is 0 Å². The van der Waals surface area contributed by atoms with Crippen molar-refractivity contribution in [2.24, 2.45) is 0 Å². The van der Waals surface area contributed by atoms with Crippen molar-refractivity contribution in [1.29, 1.82) is 0 Å². The van der Waals surface area contributed by atoms with Crippen molar-refractivity contribution in [3.8, 4) is 5.75 Å². The highest BCUT2D eigenvalue weighted by molar-refractivity contribution is 6.31. The van der Waals surface area contributed by atoms with E-state index in [9.17, 15) is 0 Å². The lowest BCUT2D eigenvalue weighted by molar-refractivity contribution is 0.226. The Hall–Kier alpha value is -3.93. The number of aromatic nitrogens is 3. The van der Waals surface area contributed by atoms with E-state index in [-0.39, 0.29) is 6.10 Å². The van der Waals surface area contributed by atoms with Crippen molar-refractivity contribution < 1.29 is 4.74 Å². The molecule has 1 unspecified atom stereocenters. The molecule has 5 aromatic rings. The van der Waals surface area contributed by atoms with Crippen molar-refractivity contribution >= 4 is 34.7 Å². The van der Waals surface area contributed by atoms with Gasteiger partial charge >= 0.3 is 0 Å². The summed E-state index contributed by atoms with van der Waals surface area (Å²) < 4.78 is 6.33. The number of benzene rings is 3. The summed E-state index contributed by atoms with van der Waals surface area (Å²) in [7, 11) is 0. The van der Waals surface area contributed by atoms with Crippen molar-refractivity contribution in [3.05, 3.63) is 124 Å². The topological polar surface area (TPSA) is 54.0 Å². The fourth-order valence-corrected chi connectivity index (χ4v) is 5.32. The molecule has 204 valence electrons. The summed E-state index contributed by atoms with van der Waals surface area (Å²) in [5.74, 6) is 0.770. The molecule has 0 amide bonds. The standard InChI is InChI=1S/C34H35ClN4O/c1-4-28-20-36-21-31(35)34(28)24(3)40-29-16-18-33-30(19-29)32(37-38-33)17-15-25-11-13-27(14-12-25)23-39(5-2)22-26-9-7-6-8-10-26/h6-21,24H,4-5,22-23H2,1-3H3,(H,37,38)/b17-15+. The van der Waals surface area contributed by atoms with E-state index in [2.05, 4.69) is 94.6 Å². The molecule has 1 N–H and O–H groups in total. The second-order valence-electron chi connectivity index (χ2n) is 9.99. The van der Waals surface area contributed by atoms with Crippen molar-refractivity contribution in [1.82, 2.24) is 20.1 Å². The average Bonchev–Trinajstić information content (AvgIpc) is 3.38. The summed E-state index contributed by atoms with van der Waals surface area (Å²) >= 11 is 6.48. The minimum absolute atomic E-state index is 0.205. The van der Waals surface area contributed by atoms with Gasteiger partial charge in [0.25, 0.3) is 0 Å². The molecule has 2 aromatic heterocycles. The molecule has 1 atom stereocenters. The molecule has 6 heteroatoms. The van der Waals surface area contributed by atoms with Crippen molar-refractivity contribution in [2.75, 3.05) is 6.54 Å². The molecule has 0 aliphatic carbocycles. The average molecular weight is 551 g/mol. The smallest absolute Gasteiger partial charge is 0.123 e. The number of nitrogens with zero attached hydrogens (tertiary/aromatic N) is 3. The van der Waals surface area contributed by atoms with Gasteiger partial charge in [0, 0.05) is 36.4 Å². The summed E-state index contributed by atoms with van der Waals surface area (Å²) in [5, 5.41) is 9.30. The Bertz CT molecular complexity index is 1580. The van der Waals surface area contributed by atoms with Gasteiger partial charge in [-0.2, -0.15) is 5.10 Å². The number of rotatable bonds is 11. The molecule has 5 nitrogen and oxygen atoms in total. The van der Waals surface area contributed by atoms with Crippen LogP contribution in [0, 0.1) is 0 Å². The number of aryl methyl sites for hydroxylation is 1. The fourth-order valence-electron chi connectivity index (χ4n) is 4.99.